The normalized spacial score (nSPS) is 19.1. The smallest absolute Gasteiger partial charge is 0.286 e. The van der Waals surface area contributed by atoms with E-state index in [0.29, 0.717) is 23.9 Å². The standard InChI is InChI=1S/C18H22N2O3S/c1-3-22-14-8-7-13(11-15(14)23-4-2)12-16-17(21)19-18(24-16)20-9-5-6-10-20/h7-8,11-12H,3-6,9-10H2,1-2H3/b16-12-. The average molecular weight is 346 g/mol. The van der Waals surface area contributed by atoms with Gasteiger partial charge >= 0.3 is 0 Å². The highest BCUT2D eigenvalue weighted by molar-refractivity contribution is 8.18. The van der Waals surface area contributed by atoms with Crippen LogP contribution in [0.25, 0.3) is 6.08 Å². The van der Waals surface area contributed by atoms with Gasteiger partial charge in [-0.1, -0.05) is 6.07 Å². The van der Waals surface area contributed by atoms with Crippen LogP contribution < -0.4 is 9.47 Å². The predicted molar refractivity (Wildman–Crippen MR) is 97.6 cm³/mol. The molecule has 1 amide bonds. The molecule has 1 fully saturated rings. The van der Waals surface area contributed by atoms with Crippen molar-refractivity contribution < 1.29 is 14.3 Å². The second-order valence-electron chi connectivity index (χ2n) is 5.58. The Labute approximate surface area is 146 Å². The minimum Gasteiger partial charge on any atom is -0.490 e. The number of likely N-dealkylation sites (tertiary alicyclic amines) is 1. The average Bonchev–Trinajstić information content (AvgIpc) is 3.21. The predicted octanol–water partition coefficient (Wildman–Crippen LogP) is 3.55. The van der Waals surface area contributed by atoms with Crippen LogP contribution in [0.5, 0.6) is 11.5 Å². The van der Waals surface area contributed by atoms with E-state index in [-0.39, 0.29) is 5.91 Å². The molecule has 3 rings (SSSR count). The molecule has 5 nitrogen and oxygen atoms in total. The van der Waals surface area contributed by atoms with Gasteiger partial charge in [-0.15, -0.1) is 0 Å². The number of carbonyl (C=O) groups excluding carboxylic acids is 1. The molecule has 128 valence electrons. The van der Waals surface area contributed by atoms with Gasteiger partial charge in [-0.05, 0) is 62.2 Å². The molecule has 0 aliphatic carbocycles. The Hall–Kier alpha value is -1.95. The molecule has 0 aromatic heterocycles. The Balaban J connectivity index is 1.78. The van der Waals surface area contributed by atoms with Gasteiger partial charge in [-0.25, -0.2) is 0 Å². The maximum absolute atomic E-state index is 12.2. The van der Waals surface area contributed by atoms with Crippen LogP contribution in [-0.4, -0.2) is 42.3 Å². The maximum atomic E-state index is 12.2. The lowest BCUT2D eigenvalue weighted by molar-refractivity contribution is -0.113. The van der Waals surface area contributed by atoms with Gasteiger partial charge in [0.15, 0.2) is 16.7 Å². The van der Waals surface area contributed by atoms with Gasteiger partial charge in [0.1, 0.15) is 0 Å². The summed E-state index contributed by atoms with van der Waals surface area (Å²) in [6.45, 7) is 7.01. The largest absolute Gasteiger partial charge is 0.490 e. The molecule has 24 heavy (non-hydrogen) atoms. The van der Waals surface area contributed by atoms with E-state index in [0.717, 1.165) is 29.6 Å². The Morgan fingerprint density at radius 1 is 1.17 bits per heavy atom. The zero-order chi connectivity index (χ0) is 16.9. The summed E-state index contributed by atoms with van der Waals surface area (Å²) in [6.07, 6.45) is 4.21. The van der Waals surface area contributed by atoms with Gasteiger partial charge in [0.05, 0.1) is 18.1 Å². The molecule has 0 spiro atoms. The van der Waals surface area contributed by atoms with Crippen LogP contribution >= 0.6 is 11.8 Å². The lowest BCUT2D eigenvalue weighted by Gasteiger charge is -2.14. The highest BCUT2D eigenvalue weighted by Gasteiger charge is 2.27. The van der Waals surface area contributed by atoms with Crippen molar-refractivity contribution in [1.82, 2.24) is 4.90 Å². The molecule has 2 aliphatic heterocycles. The Morgan fingerprint density at radius 3 is 2.58 bits per heavy atom. The van der Waals surface area contributed by atoms with Crippen molar-refractivity contribution in [2.24, 2.45) is 4.99 Å². The van der Waals surface area contributed by atoms with E-state index in [9.17, 15) is 4.79 Å². The van der Waals surface area contributed by atoms with E-state index in [1.807, 2.05) is 38.1 Å². The van der Waals surface area contributed by atoms with Crippen molar-refractivity contribution in [2.75, 3.05) is 26.3 Å². The molecule has 1 aromatic carbocycles. The third kappa shape index (κ3) is 3.75. The van der Waals surface area contributed by atoms with Gasteiger partial charge in [0, 0.05) is 13.1 Å². The number of amides is 1. The van der Waals surface area contributed by atoms with Crippen molar-refractivity contribution in [3.8, 4) is 11.5 Å². The van der Waals surface area contributed by atoms with Crippen LogP contribution in [0.15, 0.2) is 28.1 Å². The Bertz CT molecular complexity index is 679. The van der Waals surface area contributed by atoms with E-state index >= 15 is 0 Å². The van der Waals surface area contributed by atoms with Crippen molar-refractivity contribution in [3.05, 3.63) is 28.7 Å². The van der Waals surface area contributed by atoms with Gasteiger partial charge < -0.3 is 14.4 Å². The molecule has 2 aliphatic rings. The molecule has 6 heteroatoms. The fourth-order valence-electron chi connectivity index (χ4n) is 2.75. The van der Waals surface area contributed by atoms with E-state index in [2.05, 4.69) is 9.89 Å². The number of thioether (sulfide) groups is 1. The highest BCUT2D eigenvalue weighted by Crippen LogP contribution is 2.34. The summed E-state index contributed by atoms with van der Waals surface area (Å²) < 4.78 is 11.2. The minimum atomic E-state index is -0.159. The second-order valence-corrected chi connectivity index (χ2v) is 6.59. The number of nitrogens with zero attached hydrogens (tertiary/aromatic N) is 2. The fourth-order valence-corrected chi connectivity index (χ4v) is 3.72. The summed E-state index contributed by atoms with van der Waals surface area (Å²) in [4.78, 5) is 19.2. The van der Waals surface area contributed by atoms with E-state index < -0.39 is 0 Å². The molecule has 1 saturated heterocycles. The monoisotopic (exact) mass is 346 g/mol. The summed E-state index contributed by atoms with van der Waals surface area (Å²) in [7, 11) is 0. The molecule has 1 aromatic rings. The first kappa shape index (κ1) is 16.9. The molecule has 0 atom stereocenters. The topological polar surface area (TPSA) is 51.1 Å². The second kappa shape index (κ2) is 7.75. The summed E-state index contributed by atoms with van der Waals surface area (Å²) in [5, 5.41) is 0.833. The third-order valence-corrected chi connectivity index (χ3v) is 4.90. The molecule has 0 radical (unpaired) electrons. The van der Waals surface area contributed by atoms with Crippen LogP contribution in [0.4, 0.5) is 0 Å². The minimum absolute atomic E-state index is 0.159. The van der Waals surface area contributed by atoms with Crippen LogP contribution in [0.2, 0.25) is 0 Å². The van der Waals surface area contributed by atoms with E-state index in [4.69, 9.17) is 9.47 Å². The van der Waals surface area contributed by atoms with Crippen LogP contribution in [-0.2, 0) is 4.79 Å². The van der Waals surface area contributed by atoms with Gasteiger partial charge in [-0.2, -0.15) is 4.99 Å². The molecular formula is C18H22N2O3S. The maximum Gasteiger partial charge on any atom is 0.286 e. The summed E-state index contributed by atoms with van der Waals surface area (Å²) in [6, 6.07) is 5.72. The highest BCUT2D eigenvalue weighted by atomic mass is 32.2. The summed E-state index contributed by atoms with van der Waals surface area (Å²) in [5.74, 6) is 1.26. The quantitative estimate of drug-likeness (QED) is 0.763. The number of hydrogen-bond donors (Lipinski definition) is 0. The molecular weight excluding hydrogens is 324 g/mol. The number of amidine groups is 1. The Morgan fingerprint density at radius 2 is 1.88 bits per heavy atom. The molecule has 0 bridgehead atoms. The van der Waals surface area contributed by atoms with Gasteiger partial charge in [0.2, 0.25) is 0 Å². The van der Waals surface area contributed by atoms with E-state index in [1.54, 1.807) is 0 Å². The van der Waals surface area contributed by atoms with Crippen LogP contribution in [0.1, 0.15) is 32.3 Å². The van der Waals surface area contributed by atoms with Crippen molar-refractivity contribution in [3.63, 3.8) is 0 Å². The van der Waals surface area contributed by atoms with Gasteiger partial charge in [0.25, 0.3) is 5.91 Å². The van der Waals surface area contributed by atoms with Crippen LogP contribution in [0, 0.1) is 0 Å². The van der Waals surface area contributed by atoms with E-state index in [1.165, 1.54) is 24.6 Å². The third-order valence-electron chi connectivity index (χ3n) is 3.85. The van der Waals surface area contributed by atoms with Crippen molar-refractivity contribution >= 4 is 28.9 Å². The summed E-state index contributed by atoms with van der Waals surface area (Å²) >= 11 is 1.46. The summed E-state index contributed by atoms with van der Waals surface area (Å²) in [5.41, 5.74) is 0.913. The number of rotatable bonds is 5. The zero-order valence-corrected chi connectivity index (χ0v) is 14.9. The van der Waals surface area contributed by atoms with Crippen molar-refractivity contribution in [2.45, 2.75) is 26.7 Å². The lowest BCUT2D eigenvalue weighted by Crippen LogP contribution is -2.23. The first-order valence-corrected chi connectivity index (χ1v) is 9.20. The molecule has 0 N–H and O–H groups in total. The fraction of sp³-hybridized carbons (Fsp3) is 0.444. The number of carbonyl (C=O) groups is 1. The Kier molecular flexibility index (Phi) is 5.45. The van der Waals surface area contributed by atoms with Gasteiger partial charge in [-0.3, -0.25) is 4.79 Å². The number of ether oxygens (including phenoxy) is 2. The molecule has 2 heterocycles. The molecule has 0 unspecified atom stereocenters. The first-order chi connectivity index (χ1) is 11.7. The number of benzene rings is 1. The SMILES string of the molecule is CCOc1ccc(/C=C2\SC(N3CCCC3)=NC2=O)cc1OCC. The van der Waals surface area contributed by atoms with Crippen molar-refractivity contribution in [1.29, 1.82) is 0 Å². The number of hydrogen-bond acceptors (Lipinski definition) is 5. The number of aliphatic imine (C=N–C) groups is 1. The zero-order valence-electron chi connectivity index (χ0n) is 14.1. The molecule has 0 saturated carbocycles. The lowest BCUT2D eigenvalue weighted by atomic mass is 10.2. The van der Waals surface area contributed by atoms with Crippen LogP contribution in [0.3, 0.4) is 0 Å². The first-order valence-electron chi connectivity index (χ1n) is 8.38.